The lowest BCUT2D eigenvalue weighted by molar-refractivity contribution is -0.384. The van der Waals surface area contributed by atoms with Crippen LogP contribution in [0.5, 0.6) is 11.5 Å². The molecule has 0 aliphatic carbocycles. The van der Waals surface area contributed by atoms with Crippen LogP contribution in [0.15, 0.2) is 60.2 Å². The molecule has 11 heteroatoms. The number of amides is 1. The van der Waals surface area contributed by atoms with Crippen LogP contribution in [-0.2, 0) is 11.4 Å². The van der Waals surface area contributed by atoms with E-state index in [0.717, 1.165) is 6.07 Å². The summed E-state index contributed by atoms with van der Waals surface area (Å²) in [6.45, 7) is 0.105. The molecule has 3 aromatic carbocycles. The molecule has 178 valence electrons. The lowest BCUT2D eigenvalue weighted by Gasteiger charge is -2.14. The van der Waals surface area contributed by atoms with E-state index in [9.17, 15) is 24.6 Å². The molecule has 1 amide bonds. The molecule has 0 fully saturated rings. The van der Waals surface area contributed by atoms with E-state index in [1.54, 1.807) is 18.2 Å². The van der Waals surface area contributed by atoms with E-state index in [1.807, 2.05) is 0 Å². The topological polar surface area (TPSA) is 114 Å². The number of anilines is 1. The van der Waals surface area contributed by atoms with Crippen molar-refractivity contribution >= 4 is 46.6 Å². The van der Waals surface area contributed by atoms with Gasteiger partial charge in [0.15, 0.2) is 11.5 Å². The van der Waals surface area contributed by atoms with Crippen molar-refractivity contribution in [2.45, 2.75) is 6.61 Å². The molecule has 0 spiro atoms. The molecular weight excluding hydrogens is 500 g/mol. The fraction of sp³-hybridized carbons (Fsp3) is 0.0833. The van der Waals surface area contributed by atoms with Crippen molar-refractivity contribution in [3.05, 3.63) is 97.3 Å². The number of hydrogen-bond donors (Lipinski definition) is 1. The maximum absolute atomic E-state index is 13.1. The zero-order valence-corrected chi connectivity index (χ0v) is 19.6. The molecule has 0 atom stereocenters. The molecule has 0 radical (unpaired) electrons. The Kier molecular flexibility index (Phi) is 8.25. The SMILES string of the molecule is COc1cc(/C=C(/C#N)C(=O)Nc2ccc([N+](=O)[O-])cc2Cl)cc(Cl)c1OCc1ccc(F)cc1. The first-order valence-corrected chi connectivity index (χ1v) is 10.6. The molecule has 0 heterocycles. The van der Waals surface area contributed by atoms with Gasteiger partial charge in [0.25, 0.3) is 11.6 Å². The van der Waals surface area contributed by atoms with Crippen molar-refractivity contribution in [2.75, 3.05) is 12.4 Å². The Balaban J connectivity index is 1.81. The van der Waals surface area contributed by atoms with Crippen molar-refractivity contribution in [2.24, 2.45) is 0 Å². The molecule has 0 aromatic heterocycles. The smallest absolute Gasteiger partial charge is 0.271 e. The van der Waals surface area contributed by atoms with E-state index in [-0.39, 0.29) is 50.9 Å². The Morgan fingerprint density at radius 2 is 1.89 bits per heavy atom. The van der Waals surface area contributed by atoms with Crippen molar-refractivity contribution in [1.29, 1.82) is 5.26 Å². The van der Waals surface area contributed by atoms with Gasteiger partial charge in [-0.3, -0.25) is 14.9 Å². The van der Waals surface area contributed by atoms with E-state index in [4.69, 9.17) is 32.7 Å². The quantitative estimate of drug-likeness (QED) is 0.166. The minimum atomic E-state index is -0.782. The number of carbonyl (C=O) groups is 1. The number of nitrogens with zero attached hydrogens (tertiary/aromatic N) is 2. The van der Waals surface area contributed by atoms with Gasteiger partial charge in [-0.1, -0.05) is 35.3 Å². The van der Waals surface area contributed by atoms with Crippen molar-refractivity contribution < 1.29 is 23.6 Å². The number of rotatable bonds is 8. The molecule has 1 N–H and O–H groups in total. The highest BCUT2D eigenvalue weighted by atomic mass is 35.5. The molecule has 0 bridgehead atoms. The maximum Gasteiger partial charge on any atom is 0.271 e. The van der Waals surface area contributed by atoms with Gasteiger partial charge in [0.05, 0.1) is 27.8 Å². The Labute approximate surface area is 209 Å². The van der Waals surface area contributed by atoms with Crippen LogP contribution in [0.4, 0.5) is 15.8 Å². The second-order valence-corrected chi connectivity index (χ2v) is 7.81. The minimum absolute atomic E-state index is 0.0581. The van der Waals surface area contributed by atoms with Gasteiger partial charge in [-0.25, -0.2) is 4.39 Å². The molecule has 8 nitrogen and oxygen atoms in total. The first kappa shape index (κ1) is 25.5. The van der Waals surface area contributed by atoms with Gasteiger partial charge in [-0.2, -0.15) is 5.26 Å². The Bertz CT molecular complexity index is 1350. The van der Waals surface area contributed by atoms with Crippen LogP contribution in [0, 0.1) is 27.3 Å². The lowest BCUT2D eigenvalue weighted by atomic mass is 10.1. The Morgan fingerprint density at radius 3 is 2.49 bits per heavy atom. The van der Waals surface area contributed by atoms with Crippen LogP contribution < -0.4 is 14.8 Å². The fourth-order valence-corrected chi connectivity index (χ4v) is 3.42. The molecule has 3 aromatic rings. The molecular formula is C24H16Cl2FN3O5. The normalized spacial score (nSPS) is 10.9. The first-order valence-electron chi connectivity index (χ1n) is 9.83. The summed E-state index contributed by atoms with van der Waals surface area (Å²) < 4.78 is 24.2. The summed E-state index contributed by atoms with van der Waals surface area (Å²) >= 11 is 12.3. The van der Waals surface area contributed by atoms with Crippen molar-refractivity contribution in [3.63, 3.8) is 0 Å². The number of methoxy groups -OCH3 is 1. The Hall–Kier alpha value is -4.13. The highest BCUT2D eigenvalue weighted by molar-refractivity contribution is 6.34. The molecule has 0 aliphatic rings. The third-order valence-electron chi connectivity index (χ3n) is 4.64. The van der Waals surface area contributed by atoms with Crippen LogP contribution in [0.25, 0.3) is 6.08 Å². The fourth-order valence-electron chi connectivity index (χ4n) is 2.92. The van der Waals surface area contributed by atoms with E-state index < -0.39 is 10.8 Å². The van der Waals surface area contributed by atoms with Crippen LogP contribution in [0.3, 0.4) is 0 Å². The van der Waals surface area contributed by atoms with E-state index in [1.165, 1.54) is 49.6 Å². The number of hydrogen-bond acceptors (Lipinski definition) is 6. The van der Waals surface area contributed by atoms with E-state index >= 15 is 0 Å². The van der Waals surface area contributed by atoms with Gasteiger partial charge in [0, 0.05) is 12.1 Å². The summed E-state index contributed by atoms with van der Waals surface area (Å²) in [6.07, 6.45) is 1.28. The predicted molar refractivity (Wildman–Crippen MR) is 129 cm³/mol. The van der Waals surface area contributed by atoms with Gasteiger partial charge in [-0.15, -0.1) is 0 Å². The first-order chi connectivity index (χ1) is 16.7. The standard InChI is InChI=1S/C24H16Cl2FN3O5/c1-34-22-10-15(9-20(26)23(22)35-13-14-2-4-17(27)5-3-14)8-16(12-28)24(31)29-21-7-6-18(30(32)33)11-19(21)25/h2-11H,13H2,1H3,(H,29,31)/b16-8-. The number of nitro benzene ring substituents is 1. The third kappa shape index (κ3) is 6.47. The third-order valence-corrected chi connectivity index (χ3v) is 5.23. The zero-order chi connectivity index (χ0) is 25.5. The van der Waals surface area contributed by atoms with Gasteiger partial charge in [0.1, 0.15) is 24.1 Å². The highest BCUT2D eigenvalue weighted by Gasteiger charge is 2.16. The minimum Gasteiger partial charge on any atom is -0.493 e. The molecule has 0 unspecified atom stereocenters. The molecule has 0 saturated heterocycles. The number of carbonyl (C=O) groups excluding carboxylic acids is 1. The van der Waals surface area contributed by atoms with E-state index in [0.29, 0.717) is 11.1 Å². The second-order valence-electron chi connectivity index (χ2n) is 6.99. The summed E-state index contributed by atoms with van der Waals surface area (Å²) in [5, 5.41) is 22.9. The number of nitro groups is 1. The van der Waals surface area contributed by atoms with Crippen LogP contribution in [0.1, 0.15) is 11.1 Å². The number of benzene rings is 3. The number of nitrogens with one attached hydrogen (secondary N) is 1. The van der Waals surface area contributed by atoms with Crippen LogP contribution >= 0.6 is 23.2 Å². The summed E-state index contributed by atoms with van der Waals surface area (Å²) in [4.78, 5) is 22.8. The van der Waals surface area contributed by atoms with Crippen LogP contribution in [0.2, 0.25) is 10.0 Å². The summed E-state index contributed by atoms with van der Waals surface area (Å²) in [7, 11) is 1.40. The molecule has 3 rings (SSSR count). The average molecular weight is 516 g/mol. The highest BCUT2D eigenvalue weighted by Crippen LogP contribution is 2.37. The number of nitriles is 1. The van der Waals surface area contributed by atoms with Gasteiger partial charge in [-0.05, 0) is 47.5 Å². The largest absolute Gasteiger partial charge is 0.493 e. The monoisotopic (exact) mass is 515 g/mol. The van der Waals surface area contributed by atoms with Gasteiger partial charge < -0.3 is 14.8 Å². The molecule has 0 aliphatic heterocycles. The van der Waals surface area contributed by atoms with Crippen molar-refractivity contribution in [1.82, 2.24) is 0 Å². The summed E-state index contributed by atoms with van der Waals surface area (Å²) in [6, 6.07) is 14.1. The molecule has 35 heavy (non-hydrogen) atoms. The summed E-state index contributed by atoms with van der Waals surface area (Å²) in [5.74, 6) is -0.665. The maximum atomic E-state index is 13.1. The van der Waals surface area contributed by atoms with Crippen molar-refractivity contribution in [3.8, 4) is 17.6 Å². The number of ether oxygens (including phenoxy) is 2. The Morgan fingerprint density at radius 1 is 1.17 bits per heavy atom. The second kappa shape index (κ2) is 11.3. The average Bonchev–Trinajstić information content (AvgIpc) is 2.83. The number of halogens is 3. The predicted octanol–water partition coefficient (Wildman–Crippen LogP) is 6.17. The van der Waals surface area contributed by atoms with E-state index in [2.05, 4.69) is 5.32 Å². The summed E-state index contributed by atoms with van der Waals surface area (Å²) in [5.41, 5.74) is 0.665. The van der Waals surface area contributed by atoms with Gasteiger partial charge in [0.2, 0.25) is 0 Å². The number of non-ortho nitro benzene ring substituents is 1. The van der Waals surface area contributed by atoms with Crippen LogP contribution in [-0.4, -0.2) is 17.9 Å². The molecule has 0 saturated carbocycles. The lowest BCUT2D eigenvalue weighted by Crippen LogP contribution is -2.13. The van der Waals surface area contributed by atoms with Gasteiger partial charge >= 0.3 is 0 Å². The zero-order valence-electron chi connectivity index (χ0n) is 18.1.